The predicted octanol–water partition coefficient (Wildman–Crippen LogP) is 3.23. The molecule has 1 aromatic rings. The van der Waals surface area contributed by atoms with Crippen LogP contribution < -0.4 is 5.32 Å². The van der Waals surface area contributed by atoms with Crippen molar-refractivity contribution in [3.63, 3.8) is 0 Å². The van der Waals surface area contributed by atoms with Crippen LogP contribution in [0, 0.1) is 5.92 Å². The first-order valence-corrected chi connectivity index (χ1v) is 7.54. The first-order valence-electron chi connectivity index (χ1n) is 7.16. The van der Waals surface area contributed by atoms with E-state index in [1.54, 1.807) is 0 Å². The summed E-state index contributed by atoms with van der Waals surface area (Å²) in [7, 11) is 0. The Kier molecular flexibility index (Phi) is 3.89. The van der Waals surface area contributed by atoms with Crippen LogP contribution in [0.2, 0.25) is 5.15 Å². The molecule has 1 saturated carbocycles. The summed E-state index contributed by atoms with van der Waals surface area (Å²) >= 11 is 6.06. The van der Waals surface area contributed by atoms with E-state index in [1.165, 1.54) is 12.8 Å². The molecule has 104 valence electrons. The van der Waals surface area contributed by atoms with Crippen molar-refractivity contribution in [2.45, 2.75) is 44.6 Å². The van der Waals surface area contributed by atoms with Crippen molar-refractivity contribution in [3.8, 4) is 0 Å². The van der Waals surface area contributed by atoms with Crippen molar-refractivity contribution in [3.05, 3.63) is 17.0 Å². The lowest BCUT2D eigenvalue weighted by atomic mass is 10.00. The Labute approximate surface area is 118 Å². The van der Waals surface area contributed by atoms with E-state index < -0.39 is 0 Å². The topological polar surface area (TPSA) is 47.0 Å². The summed E-state index contributed by atoms with van der Waals surface area (Å²) in [4.78, 5) is 8.86. The zero-order valence-electron chi connectivity index (χ0n) is 11.2. The third-order valence-corrected chi connectivity index (χ3v) is 4.14. The highest BCUT2D eigenvalue weighted by Gasteiger charge is 2.28. The van der Waals surface area contributed by atoms with Crippen molar-refractivity contribution in [1.29, 1.82) is 0 Å². The average molecular weight is 282 g/mol. The van der Waals surface area contributed by atoms with Crippen LogP contribution in [0.3, 0.4) is 0 Å². The maximum atomic E-state index is 6.06. The lowest BCUT2D eigenvalue weighted by Crippen LogP contribution is -2.23. The van der Waals surface area contributed by atoms with Gasteiger partial charge in [-0.15, -0.1) is 0 Å². The second-order valence-electron chi connectivity index (χ2n) is 5.46. The largest absolute Gasteiger partial charge is 0.378 e. The second kappa shape index (κ2) is 5.63. The van der Waals surface area contributed by atoms with Crippen molar-refractivity contribution in [2.24, 2.45) is 5.92 Å². The number of nitrogens with one attached hydrogen (secondary N) is 1. The smallest absolute Gasteiger partial charge is 0.135 e. The number of ether oxygens (including phenoxy) is 1. The first-order chi connectivity index (χ1) is 9.26. The van der Waals surface area contributed by atoms with E-state index in [4.69, 9.17) is 16.3 Å². The molecule has 0 aromatic carbocycles. The molecule has 19 heavy (non-hydrogen) atoms. The summed E-state index contributed by atoms with van der Waals surface area (Å²) in [6.07, 6.45) is 4.96. The number of halogens is 1. The summed E-state index contributed by atoms with van der Waals surface area (Å²) in [5, 5.41) is 3.94. The van der Waals surface area contributed by atoms with Crippen LogP contribution in [0.1, 0.15) is 44.3 Å². The predicted molar refractivity (Wildman–Crippen MR) is 75.6 cm³/mol. The molecule has 2 heterocycles. The zero-order valence-corrected chi connectivity index (χ0v) is 12.0. The highest BCUT2D eigenvalue weighted by atomic mass is 35.5. The average Bonchev–Trinajstić information content (AvgIpc) is 3.15. The standard InChI is InChI=1S/C14H20ClN3O/c1-2-11-10(5-6-19-11)8-16-13-7-12(15)17-14(18-13)9-3-4-9/h7,9-11H,2-6,8H2,1H3,(H,16,17,18). The molecule has 1 N–H and O–H groups in total. The van der Waals surface area contributed by atoms with Crippen LogP contribution in [0.5, 0.6) is 0 Å². The van der Waals surface area contributed by atoms with Crippen LogP contribution in [-0.4, -0.2) is 29.2 Å². The van der Waals surface area contributed by atoms with E-state index >= 15 is 0 Å². The number of nitrogens with zero attached hydrogens (tertiary/aromatic N) is 2. The van der Waals surface area contributed by atoms with Gasteiger partial charge in [-0.1, -0.05) is 18.5 Å². The van der Waals surface area contributed by atoms with E-state index in [0.717, 1.165) is 37.6 Å². The molecule has 2 aliphatic rings. The molecule has 1 aromatic heterocycles. The van der Waals surface area contributed by atoms with Gasteiger partial charge in [-0.05, 0) is 25.7 Å². The molecule has 1 aliphatic carbocycles. The fourth-order valence-electron chi connectivity index (χ4n) is 2.66. The Bertz CT molecular complexity index is 450. The normalized spacial score (nSPS) is 26.6. The molecule has 5 heteroatoms. The first kappa shape index (κ1) is 13.1. The van der Waals surface area contributed by atoms with Crippen molar-refractivity contribution >= 4 is 17.4 Å². The van der Waals surface area contributed by atoms with Crippen LogP contribution in [0.4, 0.5) is 5.82 Å². The molecule has 0 radical (unpaired) electrons. The monoisotopic (exact) mass is 281 g/mol. The summed E-state index contributed by atoms with van der Waals surface area (Å²) in [6, 6.07) is 1.81. The summed E-state index contributed by atoms with van der Waals surface area (Å²) in [5.74, 6) is 2.84. The van der Waals surface area contributed by atoms with Crippen molar-refractivity contribution in [2.75, 3.05) is 18.5 Å². The second-order valence-corrected chi connectivity index (χ2v) is 5.84. The Morgan fingerprint density at radius 1 is 1.37 bits per heavy atom. The highest BCUT2D eigenvalue weighted by Crippen LogP contribution is 2.38. The third-order valence-electron chi connectivity index (χ3n) is 3.95. The molecule has 2 atom stereocenters. The van der Waals surface area contributed by atoms with Gasteiger partial charge in [0.1, 0.15) is 16.8 Å². The molecule has 3 rings (SSSR count). The van der Waals surface area contributed by atoms with Gasteiger partial charge in [0.2, 0.25) is 0 Å². The number of rotatable bonds is 5. The van der Waals surface area contributed by atoms with Gasteiger partial charge in [0, 0.05) is 31.1 Å². The lowest BCUT2D eigenvalue weighted by molar-refractivity contribution is 0.0900. The number of anilines is 1. The molecular formula is C14H20ClN3O. The Morgan fingerprint density at radius 3 is 2.95 bits per heavy atom. The summed E-state index contributed by atoms with van der Waals surface area (Å²) < 4.78 is 5.70. The molecule has 0 bridgehead atoms. The van der Waals surface area contributed by atoms with Crippen LogP contribution >= 0.6 is 11.6 Å². The molecule has 2 fully saturated rings. The van der Waals surface area contributed by atoms with Gasteiger partial charge in [0.05, 0.1) is 6.10 Å². The molecule has 1 aliphatic heterocycles. The van der Waals surface area contributed by atoms with E-state index in [-0.39, 0.29) is 0 Å². The molecule has 4 nitrogen and oxygen atoms in total. The minimum absolute atomic E-state index is 0.382. The van der Waals surface area contributed by atoms with E-state index in [2.05, 4.69) is 22.2 Å². The number of aromatic nitrogens is 2. The van der Waals surface area contributed by atoms with Crippen LogP contribution in [-0.2, 0) is 4.74 Å². The van der Waals surface area contributed by atoms with Crippen molar-refractivity contribution < 1.29 is 4.74 Å². The maximum absolute atomic E-state index is 6.06. The van der Waals surface area contributed by atoms with Crippen LogP contribution in [0.25, 0.3) is 0 Å². The Balaban J connectivity index is 1.63. The number of hydrogen-bond acceptors (Lipinski definition) is 4. The van der Waals surface area contributed by atoms with Gasteiger partial charge in [0.15, 0.2) is 0 Å². The molecule has 0 amide bonds. The minimum Gasteiger partial charge on any atom is -0.378 e. The molecule has 0 spiro atoms. The summed E-state index contributed by atoms with van der Waals surface area (Å²) in [5.41, 5.74) is 0. The van der Waals surface area contributed by atoms with Gasteiger partial charge < -0.3 is 10.1 Å². The lowest BCUT2D eigenvalue weighted by Gasteiger charge is -2.17. The third kappa shape index (κ3) is 3.18. The Morgan fingerprint density at radius 2 is 2.21 bits per heavy atom. The minimum atomic E-state index is 0.382. The van der Waals surface area contributed by atoms with Crippen LogP contribution in [0.15, 0.2) is 6.07 Å². The molecule has 1 saturated heterocycles. The van der Waals surface area contributed by atoms with E-state index in [9.17, 15) is 0 Å². The maximum Gasteiger partial charge on any atom is 0.135 e. The van der Waals surface area contributed by atoms with E-state index in [1.807, 2.05) is 6.07 Å². The summed E-state index contributed by atoms with van der Waals surface area (Å²) in [6.45, 7) is 3.95. The van der Waals surface area contributed by atoms with Crippen molar-refractivity contribution in [1.82, 2.24) is 9.97 Å². The van der Waals surface area contributed by atoms with Gasteiger partial charge in [0.25, 0.3) is 0 Å². The molecular weight excluding hydrogens is 262 g/mol. The quantitative estimate of drug-likeness (QED) is 0.842. The number of hydrogen-bond donors (Lipinski definition) is 1. The highest BCUT2D eigenvalue weighted by molar-refractivity contribution is 6.29. The van der Waals surface area contributed by atoms with Gasteiger partial charge >= 0.3 is 0 Å². The van der Waals surface area contributed by atoms with Gasteiger partial charge in [-0.25, -0.2) is 9.97 Å². The fourth-order valence-corrected chi connectivity index (χ4v) is 2.85. The fraction of sp³-hybridized carbons (Fsp3) is 0.714. The SMILES string of the molecule is CCC1OCCC1CNc1cc(Cl)nc(C2CC2)n1. The van der Waals surface area contributed by atoms with Gasteiger partial charge in [-0.3, -0.25) is 0 Å². The zero-order chi connectivity index (χ0) is 13.2. The Hall–Kier alpha value is -0.870. The van der Waals surface area contributed by atoms with Gasteiger partial charge in [-0.2, -0.15) is 0 Å². The van der Waals surface area contributed by atoms with E-state index in [0.29, 0.717) is 23.1 Å². The molecule has 2 unspecified atom stereocenters.